The second kappa shape index (κ2) is 9.88. The number of carbonyl (C=O) groups is 1. The zero-order valence-electron chi connectivity index (χ0n) is 19.1. The van der Waals surface area contributed by atoms with Gasteiger partial charge in [0.2, 0.25) is 11.5 Å². The molecule has 1 amide bonds. The summed E-state index contributed by atoms with van der Waals surface area (Å²) in [6.07, 6.45) is 0.654. The lowest BCUT2D eigenvalue weighted by Crippen LogP contribution is -2.37. The predicted molar refractivity (Wildman–Crippen MR) is 130 cm³/mol. The number of nitrogens with one attached hydrogen (secondary N) is 2. The van der Waals surface area contributed by atoms with Crippen LogP contribution in [0.2, 0.25) is 0 Å². The first-order valence-corrected chi connectivity index (χ1v) is 11.2. The maximum Gasteiger partial charge on any atom is 0.245 e. The van der Waals surface area contributed by atoms with Crippen LogP contribution in [0.25, 0.3) is 11.0 Å². The maximum absolute atomic E-state index is 11.8. The summed E-state index contributed by atoms with van der Waals surface area (Å²) < 4.78 is 4.01. The number of aliphatic hydroxyl groups is 1. The minimum Gasteiger partial charge on any atom is -0.387 e. The molecule has 0 aliphatic heterocycles. The van der Waals surface area contributed by atoms with Gasteiger partial charge in [-0.2, -0.15) is 0 Å². The standard InChI is InChI=1S/C27H30N4O2/c1-19-7-11-21(12-8-19)15-23(16-29-26(33)18-32)31-25-6-4-3-5-24(25)30(27(31)28)17-22-13-9-20(2)10-14-22/h3-14,23,28,32H,15-18H2,1-2H3,(H,29,33). The van der Waals surface area contributed by atoms with Gasteiger partial charge in [-0.15, -0.1) is 0 Å². The fraction of sp³-hybridized carbons (Fsp3) is 0.259. The highest BCUT2D eigenvalue weighted by atomic mass is 16.3. The van der Waals surface area contributed by atoms with E-state index < -0.39 is 12.5 Å². The number of hydrogen-bond donors (Lipinski definition) is 3. The van der Waals surface area contributed by atoms with Crippen LogP contribution in [0.3, 0.4) is 0 Å². The summed E-state index contributed by atoms with van der Waals surface area (Å²) >= 11 is 0. The van der Waals surface area contributed by atoms with E-state index in [-0.39, 0.29) is 6.04 Å². The number of hydrogen-bond acceptors (Lipinski definition) is 3. The number of carbonyl (C=O) groups excluding carboxylic acids is 1. The van der Waals surface area contributed by atoms with Gasteiger partial charge in [0, 0.05) is 6.54 Å². The normalized spacial score (nSPS) is 12.1. The van der Waals surface area contributed by atoms with Crippen LogP contribution in [-0.4, -0.2) is 33.3 Å². The van der Waals surface area contributed by atoms with Gasteiger partial charge in [0.1, 0.15) is 6.61 Å². The number of para-hydroxylation sites is 2. The molecule has 3 aromatic carbocycles. The van der Waals surface area contributed by atoms with Crippen LogP contribution in [0.15, 0.2) is 72.8 Å². The number of fused-ring (bicyclic) bond motifs is 1. The van der Waals surface area contributed by atoms with Crippen LogP contribution in [0.4, 0.5) is 0 Å². The Morgan fingerprint density at radius 3 is 2.09 bits per heavy atom. The molecule has 0 aliphatic carbocycles. The Labute approximate surface area is 193 Å². The number of benzene rings is 3. The molecule has 1 unspecified atom stereocenters. The molecule has 0 fully saturated rings. The van der Waals surface area contributed by atoms with Gasteiger partial charge in [-0.25, -0.2) is 0 Å². The summed E-state index contributed by atoms with van der Waals surface area (Å²) in [7, 11) is 0. The maximum atomic E-state index is 11.8. The van der Waals surface area contributed by atoms with E-state index in [1.165, 1.54) is 11.1 Å². The summed E-state index contributed by atoms with van der Waals surface area (Å²) in [6, 6.07) is 24.5. The zero-order valence-corrected chi connectivity index (χ0v) is 19.1. The molecule has 1 atom stereocenters. The average molecular weight is 443 g/mol. The second-order valence-corrected chi connectivity index (χ2v) is 8.56. The van der Waals surface area contributed by atoms with E-state index in [4.69, 9.17) is 5.41 Å². The quantitative estimate of drug-likeness (QED) is 0.390. The Bertz CT molecular complexity index is 1300. The number of nitrogens with zero attached hydrogens (tertiary/aromatic N) is 2. The number of amides is 1. The van der Waals surface area contributed by atoms with Crippen LogP contribution < -0.4 is 10.9 Å². The minimum absolute atomic E-state index is 0.181. The molecule has 3 N–H and O–H groups in total. The Morgan fingerprint density at radius 2 is 1.48 bits per heavy atom. The van der Waals surface area contributed by atoms with Gasteiger partial charge in [-0.1, -0.05) is 71.8 Å². The summed E-state index contributed by atoms with van der Waals surface area (Å²) in [5.41, 5.74) is 6.96. The SMILES string of the molecule is Cc1ccc(CC(CNC(=O)CO)n2c(=N)n(Cc3ccc(C)cc3)c3ccccc32)cc1. The average Bonchev–Trinajstić information content (AvgIpc) is 3.10. The lowest BCUT2D eigenvalue weighted by Gasteiger charge is -2.20. The fourth-order valence-electron chi connectivity index (χ4n) is 4.20. The largest absolute Gasteiger partial charge is 0.387 e. The third kappa shape index (κ3) is 5.07. The molecule has 6 nitrogen and oxygen atoms in total. The third-order valence-corrected chi connectivity index (χ3v) is 6.01. The van der Waals surface area contributed by atoms with E-state index >= 15 is 0 Å². The van der Waals surface area contributed by atoms with Crippen LogP contribution in [-0.2, 0) is 17.8 Å². The molecule has 0 bridgehead atoms. The van der Waals surface area contributed by atoms with Crippen molar-refractivity contribution in [2.75, 3.05) is 13.2 Å². The zero-order chi connectivity index (χ0) is 23.4. The van der Waals surface area contributed by atoms with Gasteiger partial charge in [-0.05, 0) is 43.5 Å². The molecule has 0 aliphatic rings. The van der Waals surface area contributed by atoms with Crippen molar-refractivity contribution < 1.29 is 9.90 Å². The first-order valence-electron chi connectivity index (χ1n) is 11.2. The second-order valence-electron chi connectivity index (χ2n) is 8.56. The van der Waals surface area contributed by atoms with Crippen LogP contribution in [0, 0.1) is 19.3 Å². The van der Waals surface area contributed by atoms with Gasteiger partial charge in [0.15, 0.2) is 0 Å². The van der Waals surface area contributed by atoms with Gasteiger partial charge in [0.05, 0.1) is 23.6 Å². The summed E-state index contributed by atoms with van der Waals surface area (Å²) in [4.78, 5) is 11.8. The van der Waals surface area contributed by atoms with Crippen molar-refractivity contribution >= 4 is 16.9 Å². The molecule has 0 radical (unpaired) electrons. The summed E-state index contributed by atoms with van der Waals surface area (Å²) in [5.74, 6) is -0.417. The monoisotopic (exact) mass is 442 g/mol. The fourth-order valence-corrected chi connectivity index (χ4v) is 4.20. The van der Waals surface area contributed by atoms with Gasteiger partial charge >= 0.3 is 0 Å². The molecule has 4 aromatic rings. The number of aliphatic hydroxyl groups excluding tert-OH is 1. The van der Waals surface area contributed by atoms with E-state index in [9.17, 15) is 9.90 Å². The first kappa shape index (κ1) is 22.6. The highest BCUT2D eigenvalue weighted by molar-refractivity contribution is 5.77. The highest BCUT2D eigenvalue weighted by Crippen LogP contribution is 2.21. The molecule has 33 heavy (non-hydrogen) atoms. The minimum atomic E-state index is -0.551. The van der Waals surface area contributed by atoms with E-state index in [1.807, 2.05) is 33.4 Å². The van der Waals surface area contributed by atoms with E-state index in [1.54, 1.807) is 0 Å². The lowest BCUT2D eigenvalue weighted by atomic mass is 10.0. The number of imidazole rings is 1. The summed E-state index contributed by atoms with van der Waals surface area (Å²) in [5, 5.41) is 21.1. The Hall–Kier alpha value is -3.64. The van der Waals surface area contributed by atoms with Crippen molar-refractivity contribution in [2.24, 2.45) is 0 Å². The number of aryl methyl sites for hydroxylation is 2. The molecule has 170 valence electrons. The number of aromatic nitrogens is 2. The van der Waals surface area contributed by atoms with Crippen molar-refractivity contribution in [2.45, 2.75) is 32.9 Å². The van der Waals surface area contributed by atoms with Crippen molar-refractivity contribution in [1.29, 1.82) is 5.41 Å². The van der Waals surface area contributed by atoms with Gasteiger partial charge in [0.25, 0.3) is 0 Å². The molecule has 1 heterocycles. The molecular formula is C27H30N4O2. The van der Waals surface area contributed by atoms with E-state index in [0.717, 1.165) is 22.2 Å². The summed E-state index contributed by atoms with van der Waals surface area (Å²) in [6.45, 7) is 4.48. The molecule has 6 heteroatoms. The number of rotatable bonds is 8. The van der Waals surface area contributed by atoms with Crippen LogP contribution >= 0.6 is 0 Å². The molecule has 0 spiro atoms. The first-order chi connectivity index (χ1) is 16.0. The smallest absolute Gasteiger partial charge is 0.245 e. The van der Waals surface area contributed by atoms with Crippen LogP contribution in [0.5, 0.6) is 0 Å². The third-order valence-electron chi connectivity index (χ3n) is 6.01. The molecule has 0 saturated carbocycles. The van der Waals surface area contributed by atoms with E-state index in [0.29, 0.717) is 25.1 Å². The van der Waals surface area contributed by atoms with Crippen molar-refractivity contribution in [3.63, 3.8) is 0 Å². The molecule has 1 aromatic heterocycles. The van der Waals surface area contributed by atoms with Gasteiger partial charge < -0.3 is 19.6 Å². The lowest BCUT2D eigenvalue weighted by molar-refractivity contribution is -0.123. The van der Waals surface area contributed by atoms with E-state index in [2.05, 4.69) is 67.7 Å². The highest BCUT2D eigenvalue weighted by Gasteiger charge is 2.20. The topological polar surface area (TPSA) is 83.0 Å². The molecular weight excluding hydrogens is 412 g/mol. The molecule has 0 saturated heterocycles. The predicted octanol–water partition coefficient (Wildman–Crippen LogP) is 3.48. The Kier molecular flexibility index (Phi) is 6.75. The Morgan fingerprint density at radius 1 is 0.909 bits per heavy atom. The van der Waals surface area contributed by atoms with Crippen molar-refractivity contribution in [3.05, 3.63) is 101 Å². The Balaban J connectivity index is 1.78. The van der Waals surface area contributed by atoms with Crippen molar-refractivity contribution in [3.8, 4) is 0 Å². The van der Waals surface area contributed by atoms with Crippen LogP contribution in [0.1, 0.15) is 28.3 Å². The molecule has 4 rings (SSSR count). The van der Waals surface area contributed by atoms with Gasteiger partial charge in [-0.3, -0.25) is 10.2 Å². The van der Waals surface area contributed by atoms with Crippen molar-refractivity contribution in [1.82, 2.24) is 14.5 Å².